The summed E-state index contributed by atoms with van der Waals surface area (Å²) in [5, 5.41) is 0. The summed E-state index contributed by atoms with van der Waals surface area (Å²) in [6.07, 6.45) is 0.804. The Bertz CT molecular complexity index is 446. The molecule has 1 heterocycles. The molecule has 1 fully saturated rings. The zero-order chi connectivity index (χ0) is 14.0. The van der Waals surface area contributed by atoms with Crippen LogP contribution in [-0.2, 0) is 4.79 Å². The molecule has 3 unspecified atom stereocenters. The Labute approximate surface area is 114 Å². The Morgan fingerprint density at radius 2 is 2.00 bits per heavy atom. The van der Waals surface area contributed by atoms with Gasteiger partial charge in [0.1, 0.15) is 0 Å². The fraction of sp³-hybridized carbons (Fsp3) is 0.533. The van der Waals surface area contributed by atoms with E-state index in [2.05, 4.69) is 17.0 Å². The van der Waals surface area contributed by atoms with Gasteiger partial charge in [0.2, 0.25) is 5.91 Å². The van der Waals surface area contributed by atoms with E-state index < -0.39 is 5.41 Å². The van der Waals surface area contributed by atoms with Gasteiger partial charge in [-0.05, 0) is 32.4 Å². The van der Waals surface area contributed by atoms with Gasteiger partial charge in [-0.3, -0.25) is 9.69 Å². The molecule has 104 valence electrons. The monoisotopic (exact) mass is 261 g/mol. The smallest absolute Gasteiger partial charge is 0.224 e. The van der Waals surface area contributed by atoms with Crippen molar-refractivity contribution in [3.05, 3.63) is 35.9 Å². The van der Waals surface area contributed by atoms with Crippen LogP contribution in [0.15, 0.2) is 30.3 Å². The second-order valence-corrected chi connectivity index (χ2v) is 5.86. The Morgan fingerprint density at radius 3 is 2.47 bits per heavy atom. The van der Waals surface area contributed by atoms with Gasteiger partial charge >= 0.3 is 0 Å². The lowest BCUT2D eigenvalue weighted by Crippen LogP contribution is -2.42. The van der Waals surface area contributed by atoms with Gasteiger partial charge in [-0.1, -0.05) is 30.3 Å². The first-order valence-corrected chi connectivity index (χ1v) is 6.78. The molecule has 0 aliphatic carbocycles. The number of primary amides is 1. The highest BCUT2D eigenvalue weighted by Gasteiger charge is 2.42. The topological polar surface area (TPSA) is 72.3 Å². The molecule has 1 amide bonds. The first-order chi connectivity index (χ1) is 8.94. The summed E-state index contributed by atoms with van der Waals surface area (Å²) in [6.45, 7) is 5.50. The first-order valence-electron chi connectivity index (χ1n) is 6.78. The van der Waals surface area contributed by atoms with E-state index in [0.29, 0.717) is 6.54 Å². The summed E-state index contributed by atoms with van der Waals surface area (Å²) in [5.74, 6) is -0.216. The zero-order valence-electron chi connectivity index (χ0n) is 11.7. The van der Waals surface area contributed by atoms with Crippen molar-refractivity contribution in [3.8, 4) is 0 Å². The summed E-state index contributed by atoms with van der Waals surface area (Å²) in [4.78, 5) is 13.8. The second kappa shape index (κ2) is 5.31. The lowest BCUT2D eigenvalue weighted by Gasteiger charge is -2.32. The Morgan fingerprint density at radius 1 is 1.37 bits per heavy atom. The minimum Gasteiger partial charge on any atom is -0.369 e. The Hall–Kier alpha value is -1.39. The van der Waals surface area contributed by atoms with Crippen molar-refractivity contribution in [1.82, 2.24) is 4.90 Å². The summed E-state index contributed by atoms with van der Waals surface area (Å²) in [7, 11) is 0. The van der Waals surface area contributed by atoms with E-state index in [-0.39, 0.29) is 18.0 Å². The molecule has 4 nitrogen and oxygen atoms in total. The van der Waals surface area contributed by atoms with Gasteiger partial charge in [0.05, 0.1) is 5.41 Å². The molecule has 1 aromatic carbocycles. The molecule has 4 N–H and O–H groups in total. The van der Waals surface area contributed by atoms with Crippen LogP contribution in [0.4, 0.5) is 0 Å². The van der Waals surface area contributed by atoms with Crippen molar-refractivity contribution in [3.63, 3.8) is 0 Å². The van der Waals surface area contributed by atoms with E-state index in [4.69, 9.17) is 11.5 Å². The van der Waals surface area contributed by atoms with Crippen LogP contribution in [0.3, 0.4) is 0 Å². The average molecular weight is 261 g/mol. The predicted octanol–water partition coefficient (Wildman–Crippen LogP) is 1.27. The van der Waals surface area contributed by atoms with Gasteiger partial charge in [0.15, 0.2) is 0 Å². The fourth-order valence-corrected chi connectivity index (χ4v) is 2.93. The maximum absolute atomic E-state index is 11.6. The molecule has 1 aliphatic rings. The van der Waals surface area contributed by atoms with Crippen LogP contribution in [0.25, 0.3) is 0 Å². The maximum Gasteiger partial charge on any atom is 0.224 e. The van der Waals surface area contributed by atoms with Crippen LogP contribution in [0.2, 0.25) is 0 Å². The van der Waals surface area contributed by atoms with E-state index in [1.54, 1.807) is 0 Å². The van der Waals surface area contributed by atoms with Crippen molar-refractivity contribution in [2.24, 2.45) is 16.9 Å². The molecule has 0 spiro atoms. The summed E-state index contributed by atoms with van der Waals surface area (Å²) in [5.41, 5.74) is 12.4. The third-order valence-corrected chi connectivity index (χ3v) is 4.13. The minimum absolute atomic E-state index is 0.0117. The van der Waals surface area contributed by atoms with Crippen LogP contribution in [-0.4, -0.2) is 29.9 Å². The molecule has 0 bridgehead atoms. The number of hydrogen-bond donors (Lipinski definition) is 2. The lowest BCUT2D eigenvalue weighted by molar-refractivity contribution is -0.126. The van der Waals surface area contributed by atoms with Crippen molar-refractivity contribution in [2.45, 2.75) is 32.4 Å². The zero-order valence-corrected chi connectivity index (χ0v) is 11.7. The highest BCUT2D eigenvalue weighted by Crippen LogP contribution is 2.36. The lowest BCUT2D eigenvalue weighted by atomic mass is 9.89. The molecule has 0 radical (unpaired) electrons. The minimum atomic E-state index is -0.429. The number of carbonyl (C=O) groups excluding carboxylic acids is 1. The fourth-order valence-electron chi connectivity index (χ4n) is 2.93. The molecule has 4 heteroatoms. The van der Waals surface area contributed by atoms with Gasteiger partial charge in [-0.25, -0.2) is 0 Å². The van der Waals surface area contributed by atoms with Gasteiger partial charge in [0.25, 0.3) is 0 Å². The average Bonchev–Trinajstić information content (AvgIpc) is 2.74. The third kappa shape index (κ3) is 2.80. The van der Waals surface area contributed by atoms with E-state index >= 15 is 0 Å². The molecule has 3 atom stereocenters. The number of rotatable bonds is 4. The van der Waals surface area contributed by atoms with Crippen LogP contribution < -0.4 is 11.5 Å². The molecular formula is C15H23N3O. The van der Waals surface area contributed by atoms with Crippen molar-refractivity contribution in [2.75, 3.05) is 13.1 Å². The maximum atomic E-state index is 11.6. The standard InChI is InChI=1S/C15H23N3O/c1-11(16)13(12-6-4-3-5-7-12)18-9-8-15(2,10-18)14(17)19/h3-7,11,13H,8-10,16H2,1-2H3,(H2,17,19). The van der Waals surface area contributed by atoms with Gasteiger partial charge < -0.3 is 11.5 Å². The van der Waals surface area contributed by atoms with Crippen molar-refractivity contribution >= 4 is 5.91 Å². The highest BCUT2D eigenvalue weighted by molar-refractivity contribution is 5.81. The van der Waals surface area contributed by atoms with Crippen LogP contribution in [0, 0.1) is 5.41 Å². The third-order valence-electron chi connectivity index (χ3n) is 4.13. The first kappa shape index (κ1) is 14.0. The Kier molecular flexibility index (Phi) is 3.92. The van der Waals surface area contributed by atoms with E-state index in [9.17, 15) is 4.79 Å². The number of carbonyl (C=O) groups is 1. The molecule has 19 heavy (non-hydrogen) atoms. The van der Waals surface area contributed by atoms with Crippen LogP contribution in [0.1, 0.15) is 31.9 Å². The summed E-state index contributed by atoms with van der Waals surface area (Å²) in [6, 6.07) is 10.4. The van der Waals surface area contributed by atoms with Crippen molar-refractivity contribution < 1.29 is 4.79 Å². The largest absolute Gasteiger partial charge is 0.369 e. The molecular weight excluding hydrogens is 238 g/mol. The molecule has 1 saturated heterocycles. The Balaban J connectivity index is 2.21. The van der Waals surface area contributed by atoms with Gasteiger partial charge in [0, 0.05) is 18.6 Å². The SMILES string of the molecule is CC(N)C(c1ccccc1)N1CCC(C)(C(N)=O)C1. The van der Waals surface area contributed by atoms with E-state index in [1.165, 1.54) is 5.56 Å². The normalized spacial score (nSPS) is 27.1. The van der Waals surface area contributed by atoms with Crippen molar-refractivity contribution in [1.29, 1.82) is 0 Å². The number of hydrogen-bond acceptors (Lipinski definition) is 3. The predicted molar refractivity (Wildman–Crippen MR) is 76.3 cm³/mol. The van der Waals surface area contributed by atoms with Gasteiger partial charge in [-0.2, -0.15) is 0 Å². The number of likely N-dealkylation sites (tertiary alicyclic amines) is 1. The van der Waals surface area contributed by atoms with Crippen LogP contribution in [0.5, 0.6) is 0 Å². The molecule has 0 saturated carbocycles. The molecule has 0 aromatic heterocycles. The van der Waals surface area contributed by atoms with Crippen LogP contribution >= 0.6 is 0 Å². The second-order valence-electron chi connectivity index (χ2n) is 5.86. The molecule has 1 aromatic rings. The van der Waals surface area contributed by atoms with E-state index in [0.717, 1.165) is 13.0 Å². The quantitative estimate of drug-likeness (QED) is 0.857. The molecule has 2 rings (SSSR count). The molecule has 1 aliphatic heterocycles. The summed E-state index contributed by atoms with van der Waals surface area (Å²) >= 11 is 0. The van der Waals surface area contributed by atoms with E-state index in [1.807, 2.05) is 32.0 Å². The number of benzene rings is 1. The number of amides is 1. The number of nitrogens with two attached hydrogens (primary N) is 2. The number of nitrogens with zero attached hydrogens (tertiary/aromatic N) is 1. The van der Waals surface area contributed by atoms with Gasteiger partial charge in [-0.15, -0.1) is 0 Å². The summed E-state index contributed by atoms with van der Waals surface area (Å²) < 4.78 is 0. The highest BCUT2D eigenvalue weighted by atomic mass is 16.1.